The van der Waals surface area contributed by atoms with Crippen LogP contribution in [0.2, 0.25) is 0 Å². The summed E-state index contributed by atoms with van der Waals surface area (Å²) in [6.45, 7) is 4.45. The maximum Gasteiger partial charge on any atom is 0.410 e. The minimum absolute atomic E-state index is 0.0237. The van der Waals surface area contributed by atoms with Gasteiger partial charge in [-0.1, -0.05) is 43.5 Å². The van der Waals surface area contributed by atoms with E-state index in [2.05, 4.69) is 26.1 Å². The largest absolute Gasteiger partial charge is 0.507 e. The Bertz CT molecular complexity index is 1370. The quantitative estimate of drug-likeness (QED) is 0.433. The van der Waals surface area contributed by atoms with Gasteiger partial charge in [-0.3, -0.25) is 9.69 Å². The number of para-hydroxylation sites is 1. The van der Waals surface area contributed by atoms with Crippen molar-refractivity contribution in [1.29, 1.82) is 0 Å². The van der Waals surface area contributed by atoms with Gasteiger partial charge in [-0.15, -0.1) is 0 Å². The fraction of sp³-hybridized carbons (Fsp3) is 0.559. The van der Waals surface area contributed by atoms with E-state index in [4.69, 9.17) is 4.74 Å². The normalized spacial score (nSPS) is 21.1. The van der Waals surface area contributed by atoms with E-state index in [1.165, 1.54) is 32.1 Å². The van der Waals surface area contributed by atoms with Crippen molar-refractivity contribution in [3.63, 3.8) is 0 Å². The number of phenolic OH excluding ortho intramolecular Hbond substituents is 1. The molecule has 0 spiro atoms. The number of urea groups is 1. The lowest BCUT2D eigenvalue weighted by Gasteiger charge is -2.41. The highest BCUT2D eigenvalue weighted by Crippen LogP contribution is 2.28. The Balaban J connectivity index is 1.07. The average molecular weight is 683 g/mol. The summed E-state index contributed by atoms with van der Waals surface area (Å²) in [5.41, 5.74) is 2.78. The van der Waals surface area contributed by atoms with Crippen LogP contribution in [-0.2, 0) is 22.4 Å². The molecule has 3 heterocycles. The molecule has 4 amide bonds. The number of hydrogen-bond acceptors (Lipinski definition) is 6. The average Bonchev–Trinajstić information content (AvgIpc) is 3.24. The topological polar surface area (TPSA) is 106 Å². The fourth-order valence-electron chi connectivity index (χ4n) is 7.32. The number of piperidine rings is 1. The summed E-state index contributed by atoms with van der Waals surface area (Å²) >= 11 is 3.36. The van der Waals surface area contributed by atoms with Gasteiger partial charge in [0.2, 0.25) is 0 Å². The van der Waals surface area contributed by atoms with Crippen LogP contribution in [0.25, 0.3) is 0 Å². The molecule has 45 heavy (non-hydrogen) atoms. The number of benzene rings is 2. The van der Waals surface area contributed by atoms with E-state index in [0.29, 0.717) is 56.1 Å². The molecule has 11 heteroatoms. The first-order valence-corrected chi connectivity index (χ1v) is 17.3. The molecule has 1 saturated carbocycles. The van der Waals surface area contributed by atoms with Crippen LogP contribution >= 0.6 is 15.9 Å². The molecule has 4 aliphatic rings. The highest BCUT2D eigenvalue weighted by atomic mass is 79.9. The summed E-state index contributed by atoms with van der Waals surface area (Å²) in [7, 11) is 0. The van der Waals surface area contributed by atoms with Crippen LogP contribution in [0.15, 0.2) is 46.9 Å². The summed E-state index contributed by atoms with van der Waals surface area (Å²) < 4.78 is 6.53. The molecule has 2 saturated heterocycles. The number of fused-ring (bicyclic) bond motifs is 1. The molecule has 0 unspecified atom stereocenters. The highest BCUT2D eigenvalue weighted by Gasteiger charge is 2.36. The number of aromatic hydroxyl groups is 1. The molecular weight excluding hydrogens is 638 g/mol. The molecule has 10 nitrogen and oxygen atoms in total. The van der Waals surface area contributed by atoms with Gasteiger partial charge in [0.15, 0.2) is 6.10 Å². The number of anilines is 1. The smallest absolute Gasteiger partial charge is 0.410 e. The summed E-state index contributed by atoms with van der Waals surface area (Å²) in [5.74, 6) is -0.0613. The lowest BCUT2D eigenvalue weighted by molar-refractivity contribution is -0.143. The second kappa shape index (κ2) is 14.4. The van der Waals surface area contributed by atoms with Crippen LogP contribution in [-0.4, -0.2) is 107 Å². The van der Waals surface area contributed by atoms with E-state index >= 15 is 0 Å². The number of hydrogen-bond donors (Lipinski definition) is 2. The van der Waals surface area contributed by atoms with Gasteiger partial charge >= 0.3 is 12.1 Å². The summed E-state index contributed by atoms with van der Waals surface area (Å²) in [4.78, 5) is 48.3. The molecule has 0 aromatic heterocycles. The van der Waals surface area contributed by atoms with Crippen LogP contribution < -0.4 is 5.32 Å². The van der Waals surface area contributed by atoms with E-state index in [9.17, 15) is 19.5 Å². The minimum atomic E-state index is -0.970. The van der Waals surface area contributed by atoms with Crippen LogP contribution in [0.5, 0.6) is 5.75 Å². The Morgan fingerprint density at radius 2 is 1.62 bits per heavy atom. The third-order valence-electron chi connectivity index (χ3n) is 9.97. The number of amides is 4. The second-order valence-corrected chi connectivity index (χ2v) is 13.6. The molecule has 6 rings (SSSR count). The van der Waals surface area contributed by atoms with Crippen molar-refractivity contribution >= 4 is 39.6 Å². The van der Waals surface area contributed by atoms with Crippen LogP contribution in [0.4, 0.5) is 15.3 Å². The molecule has 2 aromatic rings. The first kappa shape index (κ1) is 31.7. The summed E-state index contributed by atoms with van der Waals surface area (Å²) in [6.07, 6.45) is 7.16. The first-order chi connectivity index (χ1) is 21.9. The number of likely N-dealkylation sites (tertiary alicyclic amines) is 1. The van der Waals surface area contributed by atoms with Crippen LogP contribution in [0.3, 0.4) is 0 Å². The number of nitrogens with one attached hydrogen (secondary N) is 1. The Morgan fingerprint density at radius 1 is 0.889 bits per heavy atom. The Labute approximate surface area is 273 Å². The molecule has 0 bridgehead atoms. The lowest BCUT2D eigenvalue weighted by atomic mass is 9.94. The molecule has 0 radical (unpaired) electrons. The number of phenols is 1. The van der Waals surface area contributed by atoms with Gasteiger partial charge in [0, 0.05) is 70.0 Å². The maximum atomic E-state index is 13.9. The molecular formula is C34H44BrN5O5. The molecule has 2 N–H and O–H groups in total. The number of carbonyl (C=O) groups excluding carboxylic acids is 3. The van der Waals surface area contributed by atoms with Crippen molar-refractivity contribution in [2.45, 2.75) is 76.0 Å². The fourth-order valence-corrected chi connectivity index (χ4v) is 7.75. The monoisotopic (exact) mass is 681 g/mol. The molecule has 3 aliphatic heterocycles. The number of piperazine rings is 1. The van der Waals surface area contributed by atoms with E-state index in [1.54, 1.807) is 23.1 Å². The van der Waals surface area contributed by atoms with Crippen LogP contribution in [0.1, 0.15) is 56.1 Å². The molecule has 1 aliphatic carbocycles. The van der Waals surface area contributed by atoms with Crippen molar-refractivity contribution in [3.8, 4) is 5.75 Å². The van der Waals surface area contributed by atoms with E-state index < -0.39 is 12.2 Å². The molecule has 242 valence electrons. The van der Waals surface area contributed by atoms with Crippen molar-refractivity contribution in [2.75, 3.05) is 51.1 Å². The Hall–Kier alpha value is -3.31. The zero-order valence-electron chi connectivity index (χ0n) is 25.8. The Kier molecular flexibility index (Phi) is 10.1. The van der Waals surface area contributed by atoms with Crippen molar-refractivity contribution in [1.82, 2.24) is 19.6 Å². The number of ether oxygens (including phenoxy) is 1. The standard InChI is InChI=1S/C34H44BrN5O5/c35-28-22-24(10-11-30(28)41)23-31(32(42)38-20-18-37(19-21-38)26-7-2-1-3-8-26)45-34(44)39-15-13-27(14-16-39)40-17-12-25-6-4-5-9-29(25)36-33(40)43/h4-6,9-11,22,26-27,31,41H,1-3,7-8,12-21,23H2,(H,36,43)/t31-/m1/s1. The van der Waals surface area contributed by atoms with Crippen molar-refractivity contribution in [2.24, 2.45) is 0 Å². The van der Waals surface area contributed by atoms with Gasteiger partial charge in [-0.2, -0.15) is 0 Å². The highest BCUT2D eigenvalue weighted by molar-refractivity contribution is 9.10. The Morgan fingerprint density at radius 3 is 2.36 bits per heavy atom. The number of carbonyl (C=O) groups is 3. The number of rotatable bonds is 6. The van der Waals surface area contributed by atoms with Gasteiger partial charge in [-0.25, -0.2) is 9.59 Å². The van der Waals surface area contributed by atoms with Gasteiger partial charge in [-0.05, 0) is 77.4 Å². The van der Waals surface area contributed by atoms with E-state index in [0.717, 1.165) is 36.3 Å². The number of nitrogens with zero attached hydrogens (tertiary/aromatic N) is 4. The zero-order chi connectivity index (χ0) is 31.3. The zero-order valence-corrected chi connectivity index (χ0v) is 27.4. The minimum Gasteiger partial charge on any atom is -0.507 e. The van der Waals surface area contributed by atoms with E-state index in [1.807, 2.05) is 34.1 Å². The second-order valence-electron chi connectivity index (χ2n) is 12.8. The SMILES string of the molecule is O=C(O[C@H](Cc1ccc(O)c(Br)c1)C(=O)N1CCN(C2CCCCC2)CC1)N1CCC(N2CCc3ccccc3NC2=O)CC1. The van der Waals surface area contributed by atoms with Gasteiger partial charge in [0.05, 0.1) is 4.47 Å². The summed E-state index contributed by atoms with van der Waals surface area (Å²) in [5, 5.41) is 13.0. The lowest BCUT2D eigenvalue weighted by Crippen LogP contribution is -2.55. The van der Waals surface area contributed by atoms with Crippen LogP contribution in [0, 0.1) is 0 Å². The van der Waals surface area contributed by atoms with Gasteiger partial charge in [0.25, 0.3) is 5.91 Å². The molecule has 3 fully saturated rings. The maximum absolute atomic E-state index is 13.9. The summed E-state index contributed by atoms with van der Waals surface area (Å²) in [6, 6.07) is 13.5. The third-order valence-corrected chi connectivity index (χ3v) is 10.6. The van der Waals surface area contributed by atoms with Crippen molar-refractivity contribution in [3.05, 3.63) is 58.1 Å². The first-order valence-electron chi connectivity index (χ1n) is 16.5. The molecule has 2 aromatic carbocycles. The predicted molar refractivity (Wildman–Crippen MR) is 175 cm³/mol. The predicted octanol–water partition coefficient (Wildman–Crippen LogP) is 5.23. The third kappa shape index (κ3) is 7.57. The van der Waals surface area contributed by atoms with Gasteiger partial charge in [0.1, 0.15) is 5.75 Å². The van der Waals surface area contributed by atoms with E-state index in [-0.39, 0.29) is 30.2 Å². The van der Waals surface area contributed by atoms with Gasteiger partial charge < -0.3 is 29.9 Å². The molecule has 1 atom stereocenters. The number of halogens is 1. The van der Waals surface area contributed by atoms with Crippen molar-refractivity contribution < 1.29 is 24.2 Å².